The molecule has 3 N–H and O–H groups in total. The van der Waals surface area contributed by atoms with Gasteiger partial charge in [-0.15, -0.1) is 0 Å². The van der Waals surface area contributed by atoms with Crippen LogP contribution in [-0.2, 0) is 14.6 Å². The van der Waals surface area contributed by atoms with Crippen LogP contribution in [0.5, 0.6) is 5.75 Å². The molecule has 0 bridgehead atoms. The molecule has 5 rings (SSSR count). The van der Waals surface area contributed by atoms with Crippen LogP contribution in [0, 0.1) is 0 Å². The highest BCUT2D eigenvalue weighted by molar-refractivity contribution is 7.90. The average molecular weight is 528 g/mol. The van der Waals surface area contributed by atoms with E-state index in [0.717, 1.165) is 36.4 Å². The topological polar surface area (TPSA) is 121 Å². The van der Waals surface area contributed by atoms with Crippen molar-refractivity contribution >= 4 is 26.6 Å². The molecule has 37 heavy (non-hydrogen) atoms. The summed E-state index contributed by atoms with van der Waals surface area (Å²) in [4.78, 5) is 18.3. The number of nitrogens with one attached hydrogen (secondary N) is 2. The van der Waals surface area contributed by atoms with Gasteiger partial charge in [0, 0.05) is 42.8 Å². The molecule has 2 atom stereocenters. The Morgan fingerprint density at radius 3 is 2.76 bits per heavy atom. The molecule has 2 aromatic carbocycles. The number of aliphatic hydroxyl groups is 1. The summed E-state index contributed by atoms with van der Waals surface area (Å²) in [6.45, 7) is 2.22. The lowest BCUT2D eigenvalue weighted by Gasteiger charge is -2.38. The molecule has 10 heteroatoms. The zero-order chi connectivity index (χ0) is 26.0. The number of rotatable bonds is 8. The number of aromatic nitrogens is 1. The Hall–Kier alpha value is -2.92. The third kappa shape index (κ3) is 5.98. The summed E-state index contributed by atoms with van der Waals surface area (Å²) in [6.07, 6.45) is 2.77. The van der Waals surface area contributed by atoms with Crippen molar-refractivity contribution in [1.29, 1.82) is 0 Å². The molecule has 0 aliphatic carbocycles. The number of para-hydroxylation sites is 1. The van der Waals surface area contributed by atoms with Gasteiger partial charge in [-0.2, -0.15) is 0 Å². The minimum atomic E-state index is -3.32. The maximum atomic E-state index is 13.0. The highest BCUT2D eigenvalue weighted by atomic mass is 32.2. The molecule has 2 aliphatic heterocycles. The van der Waals surface area contributed by atoms with Crippen molar-refractivity contribution in [2.45, 2.75) is 41.9 Å². The second-order valence-electron chi connectivity index (χ2n) is 10.1. The first-order chi connectivity index (χ1) is 17.7. The summed E-state index contributed by atoms with van der Waals surface area (Å²) < 4.78 is 35.2. The monoisotopic (exact) mass is 527 g/mol. The van der Waals surface area contributed by atoms with Gasteiger partial charge in [0.15, 0.2) is 9.84 Å². The Morgan fingerprint density at radius 1 is 1.22 bits per heavy atom. The van der Waals surface area contributed by atoms with Crippen LogP contribution in [0.1, 0.15) is 29.8 Å². The van der Waals surface area contributed by atoms with Crippen LogP contribution in [0.4, 0.5) is 0 Å². The van der Waals surface area contributed by atoms with Crippen molar-refractivity contribution in [3.63, 3.8) is 0 Å². The smallest absolute Gasteiger partial charge is 0.270 e. The van der Waals surface area contributed by atoms with Crippen LogP contribution < -0.4 is 10.1 Å². The molecule has 1 unspecified atom stereocenters. The van der Waals surface area contributed by atoms with Crippen LogP contribution in [0.2, 0.25) is 0 Å². The maximum Gasteiger partial charge on any atom is 0.270 e. The number of fused-ring (bicyclic) bond motifs is 1. The van der Waals surface area contributed by atoms with Gasteiger partial charge in [-0.05, 0) is 49.6 Å². The molecule has 3 aromatic rings. The molecule has 2 aliphatic rings. The molecule has 0 saturated carbocycles. The Morgan fingerprint density at radius 2 is 2.00 bits per heavy atom. The number of ether oxygens (including phenoxy) is 2. The van der Waals surface area contributed by atoms with E-state index in [4.69, 9.17) is 9.47 Å². The van der Waals surface area contributed by atoms with Gasteiger partial charge >= 0.3 is 0 Å². The van der Waals surface area contributed by atoms with Gasteiger partial charge in [-0.1, -0.05) is 24.3 Å². The highest BCUT2D eigenvalue weighted by Gasteiger charge is 2.43. The van der Waals surface area contributed by atoms with E-state index < -0.39 is 15.9 Å². The molecule has 0 radical (unpaired) electrons. The number of aromatic amines is 1. The van der Waals surface area contributed by atoms with Gasteiger partial charge < -0.3 is 29.8 Å². The van der Waals surface area contributed by atoms with Crippen LogP contribution >= 0.6 is 0 Å². The largest absolute Gasteiger partial charge is 0.491 e. The van der Waals surface area contributed by atoms with Crippen LogP contribution in [0.3, 0.4) is 0 Å². The molecular weight excluding hydrogens is 494 g/mol. The van der Waals surface area contributed by atoms with Gasteiger partial charge in [0.1, 0.15) is 24.2 Å². The fourth-order valence-electron chi connectivity index (χ4n) is 5.15. The SMILES string of the molecule is CS(=O)(=O)c1cccc(OC[C@@H](O)CNC2COC3(CCN(C(=O)c4cc5ccccc5[nH]4)CC3)C2)c1. The van der Waals surface area contributed by atoms with Gasteiger partial charge in [0.25, 0.3) is 5.91 Å². The molecule has 1 spiro atoms. The number of hydrogen-bond acceptors (Lipinski definition) is 7. The summed E-state index contributed by atoms with van der Waals surface area (Å²) in [5, 5.41) is 14.8. The average Bonchev–Trinajstić information content (AvgIpc) is 3.50. The van der Waals surface area contributed by atoms with Crippen molar-refractivity contribution in [3.8, 4) is 5.75 Å². The number of nitrogens with zero attached hydrogens (tertiary/aromatic N) is 1. The van der Waals surface area contributed by atoms with Gasteiger partial charge in [0.05, 0.1) is 17.1 Å². The van der Waals surface area contributed by atoms with Crippen LogP contribution in [0.25, 0.3) is 10.9 Å². The summed E-state index contributed by atoms with van der Waals surface area (Å²) in [6, 6.07) is 16.1. The minimum absolute atomic E-state index is 0.0175. The number of H-pyrrole nitrogens is 1. The normalized spacial score (nSPS) is 20.4. The fraction of sp³-hybridized carbons (Fsp3) is 0.444. The molecule has 9 nitrogen and oxygen atoms in total. The lowest BCUT2D eigenvalue weighted by Crippen LogP contribution is -2.47. The van der Waals surface area contributed by atoms with E-state index in [0.29, 0.717) is 37.7 Å². The second kappa shape index (κ2) is 10.4. The Labute approximate surface area is 216 Å². The van der Waals surface area contributed by atoms with Crippen molar-refractivity contribution in [3.05, 3.63) is 60.3 Å². The quantitative estimate of drug-likeness (QED) is 0.411. The van der Waals surface area contributed by atoms with E-state index in [-0.39, 0.29) is 29.1 Å². The molecular formula is C27H33N3O6S. The number of carbonyl (C=O) groups excluding carboxylic acids is 1. The van der Waals surface area contributed by atoms with Crippen molar-refractivity contribution in [2.24, 2.45) is 0 Å². The minimum Gasteiger partial charge on any atom is -0.491 e. The molecule has 2 saturated heterocycles. The predicted octanol–water partition coefficient (Wildman–Crippen LogP) is 2.36. The summed E-state index contributed by atoms with van der Waals surface area (Å²) in [5.41, 5.74) is 1.33. The first-order valence-electron chi connectivity index (χ1n) is 12.6. The highest BCUT2D eigenvalue weighted by Crippen LogP contribution is 2.36. The lowest BCUT2D eigenvalue weighted by molar-refractivity contribution is -0.0390. The Balaban J connectivity index is 1.06. The maximum absolute atomic E-state index is 13.0. The van der Waals surface area contributed by atoms with E-state index >= 15 is 0 Å². The van der Waals surface area contributed by atoms with Gasteiger partial charge in [-0.3, -0.25) is 4.79 Å². The summed E-state index contributed by atoms with van der Waals surface area (Å²) in [7, 11) is -3.32. The lowest BCUT2D eigenvalue weighted by atomic mass is 9.87. The first-order valence-corrected chi connectivity index (χ1v) is 14.5. The number of piperidine rings is 1. The molecule has 1 aromatic heterocycles. The molecule has 3 heterocycles. The van der Waals surface area contributed by atoms with Crippen LogP contribution in [0.15, 0.2) is 59.5 Å². The standard InChI is InChI=1S/C27H33N3O6S/c1-37(33,34)23-7-4-6-22(14-23)35-18-21(31)16-28-20-15-27(36-17-20)9-11-30(12-10-27)26(32)25-13-19-5-2-3-8-24(19)29-25/h2-8,13-14,20-21,28-29,31H,9-12,15-18H2,1H3/t20?,21-/m0/s1. The van der Waals surface area contributed by atoms with Crippen molar-refractivity contribution < 1.29 is 27.8 Å². The molecule has 2 fully saturated rings. The number of aliphatic hydroxyl groups excluding tert-OH is 1. The summed E-state index contributed by atoms with van der Waals surface area (Å²) >= 11 is 0. The zero-order valence-electron chi connectivity index (χ0n) is 20.9. The second-order valence-corrected chi connectivity index (χ2v) is 12.1. The number of likely N-dealkylation sites (tertiary alicyclic amines) is 1. The number of sulfone groups is 1. The fourth-order valence-corrected chi connectivity index (χ4v) is 5.80. The predicted molar refractivity (Wildman–Crippen MR) is 140 cm³/mol. The van der Waals surface area contributed by atoms with Crippen molar-refractivity contribution in [2.75, 3.05) is 39.1 Å². The zero-order valence-corrected chi connectivity index (χ0v) is 21.7. The summed E-state index contributed by atoms with van der Waals surface area (Å²) in [5.74, 6) is 0.419. The van der Waals surface area contributed by atoms with E-state index in [9.17, 15) is 18.3 Å². The Kier molecular flexibility index (Phi) is 7.26. The van der Waals surface area contributed by atoms with E-state index in [1.54, 1.807) is 12.1 Å². The third-order valence-corrected chi connectivity index (χ3v) is 8.36. The van der Waals surface area contributed by atoms with Crippen LogP contribution in [-0.4, -0.2) is 86.2 Å². The van der Waals surface area contributed by atoms with Gasteiger partial charge in [-0.25, -0.2) is 8.42 Å². The number of benzene rings is 2. The number of carbonyl (C=O) groups is 1. The van der Waals surface area contributed by atoms with E-state index in [2.05, 4.69) is 10.3 Å². The number of amides is 1. The number of hydrogen-bond donors (Lipinski definition) is 3. The van der Waals surface area contributed by atoms with E-state index in [1.165, 1.54) is 12.1 Å². The Bertz CT molecular complexity index is 1330. The van der Waals surface area contributed by atoms with E-state index in [1.807, 2.05) is 35.2 Å². The molecule has 198 valence electrons. The first kappa shape index (κ1) is 25.7. The third-order valence-electron chi connectivity index (χ3n) is 7.25. The van der Waals surface area contributed by atoms with Gasteiger partial charge in [0.2, 0.25) is 0 Å². The van der Waals surface area contributed by atoms with Crippen molar-refractivity contribution in [1.82, 2.24) is 15.2 Å². The molecule has 1 amide bonds.